The zero-order valence-corrected chi connectivity index (χ0v) is 9.92. The van der Waals surface area contributed by atoms with Crippen molar-refractivity contribution in [2.45, 2.75) is 53.0 Å². The highest BCUT2D eigenvalue weighted by atomic mass is 16.4. The number of carboxylic acids is 1. The SMILES string of the molecule is CCC(CC(=O)O)(C(C)C)C(C)(C)N. The van der Waals surface area contributed by atoms with E-state index in [0.29, 0.717) is 0 Å². The van der Waals surface area contributed by atoms with Crippen LogP contribution >= 0.6 is 0 Å². The lowest BCUT2D eigenvalue weighted by Gasteiger charge is -2.46. The Morgan fingerprint density at radius 2 is 1.86 bits per heavy atom. The first kappa shape index (κ1) is 13.4. The van der Waals surface area contributed by atoms with Gasteiger partial charge in [-0.15, -0.1) is 0 Å². The molecule has 3 nitrogen and oxygen atoms in total. The number of carboxylic acid groups (broad SMARTS) is 1. The molecule has 0 aliphatic heterocycles. The van der Waals surface area contributed by atoms with E-state index in [1.807, 2.05) is 34.6 Å². The van der Waals surface area contributed by atoms with Gasteiger partial charge in [0.1, 0.15) is 0 Å². The molecule has 3 N–H and O–H groups in total. The lowest BCUT2D eigenvalue weighted by atomic mass is 9.61. The van der Waals surface area contributed by atoms with Gasteiger partial charge in [0.15, 0.2) is 0 Å². The summed E-state index contributed by atoms with van der Waals surface area (Å²) in [6.45, 7) is 9.93. The maximum Gasteiger partial charge on any atom is 0.303 e. The van der Waals surface area contributed by atoms with E-state index in [0.717, 1.165) is 6.42 Å². The lowest BCUT2D eigenvalue weighted by Crippen LogP contribution is -2.54. The van der Waals surface area contributed by atoms with Gasteiger partial charge in [0.25, 0.3) is 0 Å². The molecule has 0 fully saturated rings. The van der Waals surface area contributed by atoms with Gasteiger partial charge in [0.2, 0.25) is 0 Å². The molecule has 0 saturated heterocycles. The summed E-state index contributed by atoms with van der Waals surface area (Å²) in [6, 6.07) is 0. The Bertz CT molecular complexity index is 206. The summed E-state index contributed by atoms with van der Waals surface area (Å²) in [5.41, 5.74) is 5.33. The van der Waals surface area contributed by atoms with Gasteiger partial charge in [-0.1, -0.05) is 20.8 Å². The second-order valence-electron chi connectivity index (χ2n) is 4.96. The molecule has 0 aromatic rings. The highest BCUT2D eigenvalue weighted by Gasteiger charge is 2.45. The molecule has 1 unspecified atom stereocenters. The van der Waals surface area contributed by atoms with E-state index in [4.69, 9.17) is 10.8 Å². The summed E-state index contributed by atoms with van der Waals surface area (Å²) < 4.78 is 0. The summed E-state index contributed by atoms with van der Waals surface area (Å²) in [6.07, 6.45) is 0.936. The van der Waals surface area contributed by atoms with Crippen LogP contribution in [0.3, 0.4) is 0 Å². The number of hydrogen-bond donors (Lipinski definition) is 2. The first-order valence-electron chi connectivity index (χ1n) is 5.18. The molecule has 0 aliphatic carbocycles. The predicted molar refractivity (Wildman–Crippen MR) is 58.1 cm³/mol. The van der Waals surface area contributed by atoms with Crippen molar-refractivity contribution in [3.05, 3.63) is 0 Å². The van der Waals surface area contributed by atoms with Crippen molar-refractivity contribution >= 4 is 5.97 Å². The zero-order chi connectivity index (χ0) is 11.6. The van der Waals surface area contributed by atoms with Crippen molar-refractivity contribution in [1.82, 2.24) is 0 Å². The quantitative estimate of drug-likeness (QED) is 0.717. The molecule has 0 heterocycles. The third-order valence-corrected chi connectivity index (χ3v) is 3.49. The van der Waals surface area contributed by atoms with Gasteiger partial charge in [0.05, 0.1) is 6.42 Å². The molecule has 3 heteroatoms. The summed E-state index contributed by atoms with van der Waals surface area (Å²) in [5, 5.41) is 8.94. The topological polar surface area (TPSA) is 63.3 Å². The van der Waals surface area contributed by atoms with Gasteiger partial charge in [-0.05, 0) is 26.2 Å². The van der Waals surface area contributed by atoms with E-state index in [-0.39, 0.29) is 17.8 Å². The van der Waals surface area contributed by atoms with E-state index < -0.39 is 11.5 Å². The minimum absolute atomic E-state index is 0.144. The molecule has 0 aromatic carbocycles. The lowest BCUT2D eigenvalue weighted by molar-refractivity contribution is -0.142. The van der Waals surface area contributed by atoms with Gasteiger partial charge in [-0.25, -0.2) is 0 Å². The minimum atomic E-state index is -0.765. The van der Waals surface area contributed by atoms with Crippen LogP contribution < -0.4 is 5.73 Å². The third-order valence-electron chi connectivity index (χ3n) is 3.49. The Kier molecular flexibility index (Phi) is 4.13. The molecule has 0 radical (unpaired) electrons. The Labute approximate surface area is 86.7 Å². The average Bonchev–Trinajstić information content (AvgIpc) is 1.96. The number of aliphatic carboxylic acids is 1. The Balaban J connectivity index is 5.09. The second kappa shape index (κ2) is 4.30. The van der Waals surface area contributed by atoms with E-state index in [2.05, 4.69) is 0 Å². The van der Waals surface area contributed by atoms with Crippen LogP contribution in [0.2, 0.25) is 0 Å². The molecular weight excluding hydrogens is 178 g/mol. The van der Waals surface area contributed by atoms with Crippen LogP contribution in [0, 0.1) is 11.3 Å². The summed E-state index contributed by atoms with van der Waals surface area (Å²) >= 11 is 0. The first-order chi connectivity index (χ1) is 6.17. The highest BCUT2D eigenvalue weighted by molar-refractivity contribution is 5.68. The van der Waals surface area contributed by atoms with Crippen LogP contribution in [0.5, 0.6) is 0 Å². The fourth-order valence-electron chi connectivity index (χ4n) is 2.43. The summed E-state index contributed by atoms with van der Waals surface area (Å²) in [7, 11) is 0. The molecule has 0 aromatic heterocycles. The van der Waals surface area contributed by atoms with E-state index in [1.54, 1.807) is 0 Å². The van der Waals surface area contributed by atoms with Crippen LogP contribution in [-0.2, 0) is 4.79 Å². The largest absolute Gasteiger partial charge is 0.481 e. The third kappa shape index (κ3) is 2.47. The first-order valence-corrected chi connectivity index (χ1v) is 5.18. The average molecular weight is 201 g/mol. The van der Waals surface area contributed by atoms with Crippen molar-refractivity contribution < 1.29 is 9.90 Å². The van der Waals surface area contributed by atoms with Crippen molar-refractivity contribution in [2.24, 2.45) is 17.1 Å². The Morgan fingerprint density at radius 1 is 1.43 bits per heavy atom. The Morgan fingerprint density at radius 3 is 1.93 bits per heavy atom. The molecule has 1 atom stereocenters. The van der Waals surface area contributed by atoms with E-state index in [1.165, 1.54) is 0 Å². The molecule has 14 heavy (non-hydrogen) atoms. The number of nitrogens with two attached hydrogens (primary N) is 1. The minimum Gasteiger partial charge on any atom is -0.481 e. The molecule has 84 valence electrons. The van der Waals surface area contributed by atoms with Crippen molar-refractivity contribution in [3.63, 3.8) is 0 Å². The van der Waals surface area contributed by atoms with E-state index >= 15 is 0 Å². The van der Waals surface area contributed by atoms with Crippen molar-refractivity contribution in [3.8, 4) is 0 Å². The smallest absolute Gasteiger partial charge is 0.303 e. The van der Waals surface area contributed by atoms with Crippen LogP contribution in [0.4, 0.5) is 0 Å². The Hall–Kier alpha value is -0.570. The van der Waals surface area contributed by atoms with Gasteiger partial charge in [0, 0.05) is 11.0 Å². The summed E-state index contributed by atoms with van der Waals surface area (Å²) in [4.78, 5) is 10.9. The van der Waals surface area contributed by atoms with Crippen molar-refractivity contribution in [2.75, 3.05) is 0 Å². The second-order valence-corrected chi connectivity index (χ2v) is 4.96. The zero-order valence-electron chi connectivity index (χ0n) is 9.92. The number of hydrogen-bond acceptors (Lipinski definition) is 2. The van der Waals surface area contributed by atoms with Gasteiger partial charge < -0.3 is 10.8 Å². The van der Waals surface area contributed by atoms with Gasteiger partial charge in [-0.2, -0.15) is 0 Å². The van der Waals surface area contributed by atoms with Crippen LogP contribution in [-0.4, -0.2) is 16.6 Å². The maximum atomic E-state index is 10.9. The monoisotopic (exact) mass is 201 g/mol. The molecule has 0 aliphatic rings. The molecule has 0 spiro atoms. The number of carbonyl (C=O) groups is 1. The molecule has 0 saturated carbocycles. The van der Waals surface area contributed by atoms with Crippen LogP contribution in [0.25, 0.3) is 0 Å². The van der Waals surface area contributed by atoms with Crippen LogP contribution in [0.1, 0.15) is 47.5 Å². The van der Waals surface area contributed by atoms with E-state index in [9.17, 15) is 4.79 Å². The highest BCUT2D eigenvalue weighted by Crippen LogP contribution is 2.43. The normalized spacial score (nSPS) is 16.8. The van der Waals surface area contributed by atoms with Crippen LogP contribution in [0.15, 0.2) is 0 Å². The molecule has 0 amide bonds. The molecule has 0 bridgehead atoms. The van der Waals surface area contributed by atoms with Crippen molar-refractivity contribution in [1.29, 1.82) is 0 Å². The van der Waals surface area contributed by atoms with Gasteiger partial charge >= 0.3 is 5.97 Å². The summed E-state index contributed by atoms with van der Waals surface area (Å²) in [5.74, 6) is -0.498. The number of rotatable bonds is 5. The maximum absolute atomic E-state index is 10.9. The fraction of sp³-hybridized carbons (Fsp3) is 0.909. The predicted octanol–water partition coefficient (Wildman–Crippen LogP) is 2.25. The standard InChI is InChI=1S/C11H23NO2/c1-6-11(8(2)3,7-9(13)14)10(4,5)12/h8H,6-7,12H2,1-5H3,(H,13,14). The molecule has 0 rings (SSSR count). The fourth-order valence-corrected chi connectivity index (χ4v) is 2.43. The molecular formula is C11H23NO2. The van der Waals surface area contributed by atoms with Gasteiger partial charge in [-0.3, -0.25) is 4.79 Å².